The normalized spacial score (nSPS) is 21.5. The van der Waals surface area contributed by atoms with Crippen LogP contribution in [0.5, 0.6) is 5.75 Å². The Hall–Kier alpha value is -2.51. The summed E-state index contributed by atoms with van der Waals surface area (Å²) in [5.74, 6) is 0.470. The summed E-state index contributed by atoms with van der Waals surface area (Å²) in [5, 5.41) is 11.4. The van der Waals surface area contributed by atoms with Crippen molar-refractivity contribution < 1.29 is 23.0 Å². The highest BCUT2D eigenvalue weighted by Gasteiger charge is 2.47. The van der Waals surface area contributed by atoms with E-state index in [-0.39, 0.29) is 22.0 Å². The first-order chi connectivity index (χ1) is 19.0. The van der Waals surface area contributed by atoms with Crippen molar-refractivity contribution in [1.82, 2.24) is 0 Å². The summed E-state index contributed by atoms with van der Waals surface area (Å²) in [7, 11) is 0. The van der Waals surface area contributed by atoms with Crippen molar-refractivity contribution in [3.8, 4) is 5.75 Å². The number of cyclic esters (lactones) is 1. The number of carbonyl (C=O) groups excluding carboxylic acids is 1. The number of aliphatic hydroxyl groups is 1. The summed E-state index contributed by atoms with van der Waals surface area (Å²) >= 11 is -0.397. The number of thioether (sulfide) groups is 1. The molecule has 1 heterocycles. The third kappa shape index (κ3) is 7.03. The molecule has 7 heteroatoms. The molecule has 2 aliphatic rings. The average Bonchev–Trinajstić information content (AvgIpc) is 2.92. The van der Waals surface area contributed by atoms with Gasteiger partial charge in [0.05, 0.1) is 4.90 Å². The molecule has 2 aromatic rings. The maximum atomic E-state index is 13.6. The molecule has 0 radical (unpaired) electrons. The molecule has 0 amide bonds. The molecule has 1 fully saturated rings. The molecule has 0 aromatic heterocycles. The van der Waals surface area contributed by atoms with Crippen molar-refractivity contribution in [2.24, 2.45) is 5.92 Å². The zero-order chi connectivity index (χ0) is 28.9. The van der Waals surface area contributed by atoms with Gasteiger partial charge in [-0.3, -0.25) is 0 Å². The van der Waals surface area contributed by atoms with Crippen LogP contribution in [0.15, 0.2) is 75.1 Å². The Morgan fingerprint density at radius 1 is 1.15 bits per heavy atom. The summed E-state index contributed by atoms with van der Waals surface area (Å²) in [4.78, 5) is 15.3. The lowest BCUT2D eigenvalue weighted by atomic mass is 9.72. The number of hydrogen-bond donors (Lipinski definition) is 1. The van der Waals surface area contributed by atoms with Gasteiger partial charge in [0, 0.05) is 11.3 Å². The van der Waals surface area contributed by atoms with Crippen molar-refractivity contribution in [1.29, 1.82) is 0 Å². The van der Waals surface area contributed by atoms with Crippen LogP contribution in [0.1, 0.15) is 90.2 Å². The topological polar surface area (TPSA) is 72.8 Å². The van der Waals surface area contributed by atoms with Crippen molar-refractivity contribution >= 4 is 28.8 Å². The molecule has 1 aliphatic carbocycles. The fourth-order valence-corrected chi connectivity index (χ4v) is 7.80. The van der Waals surface area contributed by atoms with E-state index in [0.29, 0.717) is 23.5 Å². The summed E-state index contributed by atoms with van der Waals surface area (Å²) in [6.45, 7) is 10.2. The van der Waals surface area contributed by atoms with E-state index in [9.17, 15) is 14.1 Å². The van der Waals surface area contributed by atoms with Crippen LogP contribution in [0, 0.1) is 12.8 Å². The van der Waals surface area contributed by atoms with Gasteiger partial charge in [0.25, 0.3) is 0 Å². The van der Waals surface area contributed by atoms with Crippen molar-refractivity contribution in [2.45, 2.75) is 107 Å². The molecule has 1 N–H and O–H groups in total. The fourth-order valence-electron chi connectivity index (χ4n) is 5.74. The van der Waals surface area contributed by atoms with Gasteiger partial charge in [-0.2, -0.15) is 0 Å². The number of carbonyl (C=O) groups is 1. The number of aliphatic hydroxyl groups excluding tert-OH is 1. The average molecular weight is 583 g/mol. The van der Waals surface area contributed by atoms with Crippen LogP contribution in [0.3, 0.4) is 0 Å². The molecule has 216 valence electrons. The Balaban J connectivity index is 1.64. The van der Waals surface area contributed by atoms with Crippen LogP contribution in [0.2, 0.25) is 0 Å². The first kappa shape index (κ1) is 30.4. The molecule has 1 saturated carbocycles. The number of hydrogen-bond acceptors (Lipinski definition) is 6. The maximum absolute atomic E-state index is 13.6. The Kier molecular flexibility index (Phi) is 9.89. The molecule has 0 bridgehead atoms. The largest absolute Gasteiger partial charge is 0.511 e. The van der Waals surface area contributed by atoms with Crippen LogP contribution in [0.25, 0.3) is 0 Å². The van der Waals surface area contributed by atoms with Gasteiger partial charge in [0.15, 0.2) is 0 Å². The van der Waals surface area contributed by atoms with E-state index in [0.717, 1.165) is 48.1 Å². The summed E-state index contributed by atoms with van der Waals surface area (Å²) in [6, 6.07) is 12.9. The molecule has 40 heavy (non-hydrogen) atoms. The van der Waals surface area contributed by atoms with Gasteiger partial charge in [-0.05, 0) is 86.3 Å². The number of ether oxygens (including phenoxy) is 1. The molecular weight excluding hydrogens is 540 g/mol. The smallest absolute Gasteiger partial charge is 0.349 e. The highest BCUT2D eigenvalue weighted by Crippen LogP contribution is 2.49. The molecule has 1 aliphatic heterocycles. The molecule has 4 rings (SSSR count). The first-order valence-electron chi connectivity index (χ1n) is 14.3. The van der Waals surface area contributed by atoms with Crippen LogP contribution in [-0.4, -0.2) is 20.9 Å². The molecule has 2 atom stereocenters. The summed E-state index contributed by atoms with van der Waals surface area (Å²) < 4.78 is 25.1. The van der Waals surface area contributed by atoms with Crippen molar-refractivity contribution in [3.05, 3.63) is 76.4 Å². The van der Waals surface area contributed by atoms with Crippen LogP contribution < -0.4 is 4.18 Å². The Labute approximate surface area is 246 Å². The quantitative estimate of drug-likeness (QED) is 0.235. The van der Waals surface area contributed by atoms with Gasteiger partial charge in [-0.15, -0.1) is 0 Å². The van der Waals surface area contributed by atoms with Gasteiger partial charge in [0.1, 0.15) is 22.0 Å². The minimum absolute atomic E-state index is 0.121. The highest BCUT2D eigenvalue weighted by molar-refractivity contribution is 8.04. The van der Waals surface area contributed by atoms with E-state index in [4.69, 9.17) is 8.92 Å². The van der Waals surface area contributed by atoms with Gasteiger partial charge >= 0.3 is 5.97 Å². The number of rotatable bonds is 9. The third-order valence-corrected chi connectivity index (χ3v) is 10.1. The van der Waals surface area contributed by atoms with E-state index in [1.807, 2.05) is 50.3 Å². The lowest BCUT2D eigenvalue weighted by Gasteiger charge is -2.44. The van der Waals surface area contributed by atoms with E-state index < -0.39 is 22.7 Å². The van der Waals surface area contributed by atoms with Crippen molar-refractivity contribution in [2.75, 3.05) is 0 Å². The Morgan fingerprint density at radius 2 is 1.85 bits per heavy atom. The summed E-state index contributed by atoms with van der Waals surface area (Å²) in [6.07, 6.45) is 11.6. The SMILES string of the molecule is C/C=C/CCC1(C2CCCCC2)CC(O)=C(Sc2cc(C)c(OS(=O)c3ccccc3)cc2C(C)(C)C)C(=O)O1. The fraction of sp³-hybridized carbons (Fsp3) is 0.485. The lowest BCUT2D eigenvalue weighted by Crippen LogP contribution is -2.46. The highest BCUT2D eigenvalue weighted by atomic mass is 32.2. The number of esters is 1. The molecule has 0 saturated heterocycles. The third-order valence-electron chi connectivity index (χ3n) is 7.93. The first-order valence-corrected chi connectivity index (χ1v) is 16.2. The van der Waals surface area contributed by atoms with E-state index in [2.05, 4.69) is 26.8 Å². The summed E-state index contributed by atoms with van der Waals surface area (Å²) in [5.41, 5.74) is 0.781. The number of allylic oxidation sites excluding steroid dienone is 2. The predicted octanol–water partition coefficient (Wildman–Crippen LogP) is 8.88. The Bertz CT molecular complexity index is 1290. The van der Waals surface area contributed by atoms with E-state index in [1.54, 1.807) is 12.1 Å². The minimum Gasteiger partial charge on any atom is -0.511 e. The van der Waals surface area contributed by atoms with E-state index >= 15 is 0 Å². The van der Waals surface area contributed by atoms with Gasteiger partial charge < -0.3 is 14.0 Å². The van der Waals surface area contributed by atoms with Gasteiger partial charge in [0.2, 0.25) is 11.1 Å². The second-order valence-corrected chi connectivity index (χ2v) is 14.1. The maximum Gasteiger partial charge on any atom is 0.349 e. The van der Waals surface area contributed by atoms with Crippen LogP contribution in [0.4, 0.5) is 0 Å². The lowest BCUT2D eigenvalue weighted by molar-refractivity contribution is -0.168. The zero-order valence-electron chi connectivity index (χ0n) is 24.3. The standard InChI is InChI=1S/C33H42O5S2/c1-6-7-14-19-33(24-15-10-8-11-16-24)22-27(34)30(31(35)37-33)39-29-20-23(2)28(21-26(29)32(3,4)5)38-40(36)25-17-12-9-13-18-25/h6-7,9,12-13,17-18,20-21,24,34H,8,10-11,14-16,19,22H2,1-5H3/b7-6+. The van der Waals surface area contributed by atoms with Crippen LogP contribution in [-0.2, 0) is 26.0 Å². The molecule has 2 aromatic carbocycles. The number of aryl methyl sites for hydroxylation is 1. The van der Waals surface area contributed by atoms with E-state index in [1.165, 1.54) is 18.2 Å². The minimum atomic E-state index is -1.65. The van der Waals surface area contributed by atoms with Crippen molar-refractivity contribution in [3.63, 3.8) is 0 Å². The predicted molar refractivity (Wildman–Crippen MR) is 163 cm³/mol. The monoisotopic (exact) mass is 582 g/mol. The van der Waals surface area contributed by atoms with Crippen LogP contribution >= 0.6 is 11.8 Å². The van der Waals surface area contributed by atoms with Gasteiger partial charge in [-0.1, -0.05) is 82.1 Å². The molecular formula is C33H42O5S2. The van der Waals surface area contributed by atoms with Gasteiger partial charge in [-0.25, -0.2) is 9.00 Å². The molecule has 2 unspecified atom stereocenters. The molecule has 5 nitrogen and oxygen atoms in total. The number of benzene rings is 2. The molecule has 0 spiro atoms. The Morgan fingerprint density at radius 3 is 2.48 bits per heavy atom. The second kappa shape index (κ2) is 13.0. The zero-order valence-corrected chi connectivity index (χ0v) is 26.0. The second-order valence-electron chi connectivity index (χ2n) is 11.9.